The van der Waals surface area contributed by atoms with E-state index in [9.17, 15) is 31.0 Å². The molecule has 17 heavy (non-hydrogen) atoms. The number of aliphatic carboxylic acids is 1. The van der Waals surface area contributed by atoms with Crippen molar-refractivity contribution in [3.05, 3.63) is 29.1 Å². The van der Waals surface area contributed by atoms with Crippen LogP contribution in [0.25, 0.3) is 0 Å². The quantitative estimate of drug-likeness (QED) is 0.517. The van der Waals surface area contributed by atoms with Gasteiger partial charge in [0.05, 0.1) is 10.8 Å². The Morgan fingerprint density at radius 2 is 1.29 bits per heavy atom. The standard InChI is InChI=1S/C8H3F5O3S/c9-3-4(10)6(12)8(7(13)5(3)11)17(16)1-2(14)15/h1H2,(H,14,15). The van der Waals surface area contributed by atoms with Crippen LogP contribution < -0.4 is 0 Å². The largest absolute Gasteiger partial charge is 0.481 e. The maximum Gasteiger partial charge on any atom is 0.316 e. The van der Waals surface area contributed by atoms with Gasteiger partial charge in [0.1, 0.15) is 10.6 Å². The molecule has 0 heterocycles. The Morgan fingerprint density at radius 1 is 0.941 bits per heavy atom. The minimum Gasteiger partial charge on any atom is -0.481 e. The fourth-order valence-electron chi connectivity index (χ4n) is 0.969. The van der Waals surface area contributed by atoms with Gasteiger partial charge in [-0.25, -0.2) is 22.0 Å². The molecule has 0 aliphatic carbocycles. The minimum absolute atomic E-state index is 1.27. The maximum absolute atomic E-state index is 13.0. The smallest absolute Gasteiger partial charge is 0.316 e. The molecular weight excluding hydrogens is 271 g/mol. The van der Waals surface area contributed by atoms with Gasteiger partial charge in [-0.05, 0) is 0 Å². The summed E-state index contributed by atoms with van der Waals surface area (Å²) in [6, 6.07) is 0. The summed E-state index contributed by atoms with van der Waals surface area (Å²) in [4.78, 5) is 8.51. The number of hydrogen-bond acceptors (Lipinski definition) is 2. The van der Waals surface area contributed by atoms with Crippen LogP contribution in [0, 0.1) is 29.1 Å². The van der Waals surface area contributed by atoms with Crippen molar-refractivity contribution in [3.8, 4) is 0 Å². The van der Waals surface area contributed by atoms with Crippen molar-refractivity contribution in [2.45, 2.75) is 4.90 Å². The molecule has 0 spiro atoms. The van der Waals surface area contributed by atoms with E-state index in [2.05, 4.69) is 0 Å². The van der Waals surface area contributed by atoms with Gasteiger partial charge >= 0.3 is 5.97 Å². The molecular formula is C8H3F5O3S. The van der Waals surface area contributed by atoms with Gasteiger partial charge in [0, 0.05) is 0 Å². The van der Waals surface area contributed by atoms with Gasteiger partial charge in [-0.15, -0.1) is 0 Å². The van der Waals surface area contributed by atoms with Gasteiger partial charge in [0.2, 0.25) is 5.82 Å². The Labute approximate surface area is 93.3 Å². The van der Waals surface area contributed by atoms with Gasteiger partial charge in [-0.2, -0.15) is 0 Å². The first-order chi connectivity index (χ1) is 7.77. The Morgan fingerprint density at radius 3 is 1.65 bits per heavy atom. The molecule has 1 unspecified atom stereocenters. The van der Waals surface area contributed by atoms with Gasteiger partial charge in [-0.3, -0.25) is 9.00 Å². The lowest BCUT2D eigenvalue weighted by Crippen LogP contribution is -2.15. The summed E-state index contributed by atoms with van der Waals surface area (Å²) in [6.07, 6.45) is 0. The van der Waals surface area contributed by atoms with Gasteiger partial charge in [0.15, 0.2) is 23.3 Å². The second kappa shape index (κ2) is 4.78. The molecule has 0 bridgehead atoms. The number of carboxylic acid groups (broad SMARTS) is 1. The summed E-state index contributed by atoms with van der Waals surface area (Å²) in [5, 5.41) is 8.22. The number of halogens is 5. The van der Waals surface area contributed by atoms with Gasteiger partial charge in [0.25, 0.3) is 0 Å². The average molecular weight is 274 g/mol. The van der Waals surface area contributed by atoms with Crippen molar-refractivity contribution in [3.63, 3.8) is 0 Å². The summed E-state index contributed by atoms with van der Waals surface area (Å²) in [5.41, 5.74) is 0. The third-order valence-corrected chi connectivity index (χ3v) is 2.97. The fraction of sp³-hybridized carbons (Fsp3) is 0.125. The van der Waals surface area contributed by atoms with Crippen LogP contribution in [0.5, 0.6) is 0 Å². The molecule has 0 amide bonds. The number of hydrogen-bond donors (Lipinski definition) is 1. The average Bonchev–Trinajstić information content (AvgIpc) is 2.23. The topological polar surface area (TPSA) is 54.4 Å². The lowest BCUT2D eigenvalue weighted by atomic mass is 10.3. The van der Waals surface area contributed by atoms with Crippen LogP contribution in [0.4, 0.5) is 22.0 Å². The minimum atomic E-state index is -2.86. The molecule has 0 aliphatic rings. The van der Waals surface area contributed by atoms with E-state index in [0.717, 1.165) is 0 Å². The lowest BCUT2D eigenvalue weighted by molar-refractivity contribution is -0.133. The van der Waals surface area contributed by atoms with E-state index in [1.807, 2.05) is 0 Å². The number of carboxylic acids is 1. The Kier molecular flexibility index (Phi) is 3.81. The lowest BCUT2D eigenvalue weighted by Gasteiger charge is -2.06. The molecule has 0 saturated heterocycles. The van der Waals surface area contributed by atoms with Crippen LogP contribution in [0.1, 0.15) is 0 Å². The van der Waals surface area contributed by atoms with Crippen molar-refractivity contribution in [1.29, 1.82) is 0 Å². The number of carbonyl (C=O) groups is 1. The summed E-state index contributed by atoms with van der Waals surface area (Å²) >= 11 is 0. The van der Waals surface area contributed by atoms with Crippen molar-refractivity contribution in [1.82, 2.24) is 0 Å². The van der Waals surface area contributed by atoms with Crippen LogP contribution in [0.15, 0.2) is 4.90 Å². The van der Waals surface area contributed by atoms with Crippen LogP contribution in [-0.2, 0) is 15.6 Å². The highest BCUT2D eigenvalue weighted by atomic mass is 32.2. The van der Waals surface area contributed by atoms with Gasteiger partial charge in [-0.1, -0.05) is 0 Å². The molecule has 9 heteroatoms. The number of rotatable bonds is 3. The fourth-order valence-corrected chi connectivity index (χ4v) is 1.92. The molecule has 0 fully saturated rings. The highest BCUT2D eigenvalue weighted by Gasteiger charge is 2.29. The van der Waals surface area contributed by atoms with Crippen molar-refractivity contribution in [2.75, 3.05) is 5.75 Å². The zero-order chi connectivity index (χ0) is 13.3. The van der Waals surface area contributed by atoms with Crippen LogP contribution >= 0.6 is 0 Å². The van der Waals surface area contributed by atoms with Crippen molar-refractivity contribution < 1.29 is 36.1 Å². The predicted molar refractivity (Wildman–Crippen MR) is 45.1 cm³/mol. The van der Waals surface area contributed by atoms with E-state index in [1.54, 1.807) is 0 Å². The van der Waals surface area contributed by atoms with E-state index in [1.165, 1.54) is 0 Å². The molecule has 1 aromatic rings. The second-order valence-corrected chi connectivity index (χ2v) is 4.17. The summed E-state index contributed by atoms with van der Waals surface area (Å²) in [7, 11) is -2.86. The normalized spacial score (nSPS) is 12.5. The first-order valence-corrected chi connectivity index (χ1v) is 5.20. The highest BCUT2D eigenvalue weighted by Crippen LogP contribution is 2.25. The zero-order valence-corrected chi connectivity index (χ0v) is 8.59. The SMILES string of the molecule is O=C(O)CS(=O)c1c(F)c(F)c(F)c(F)c1F. The molecule has 1 aromatic carbocycles. The third-order valence-electron chi connectivity index (χ3n) is 1.65. The predicted octanol–water partition coefficient (Wildman–Crippen LogP) is 1.57. The Bertz CT molecular complexity index is 487. The van der Waals surface area contributed by atoms with Crippen molar-refractivity contribution in [2.24, 2.45) is 0 Å². The number of benzene rings is 1. The molecule has 0 aliphatic heterocycles. The van der Waals surface area contributed by atoms with Crippen LogP contribution in [-0.4, -0.2) is 21.0 Å². The van der Waals surface area contributed by atoms with Crippen LogP contribution in [0.2, 0.25) is 0 Å². The van der Waals surface area contributed by atoms with E-state index < -0.39 is 56.5 Å². The molecule has 0 aromatic heterocycles. The molecule has 0 radical (unpaired) electrons. The summed E-state index contributed by atoms with van der Waals surface area (Å²) in [6.45, 7) is 0. The maximum atomic E-state index is 13.0. The molecule has 1 N–H and O–H groups in total. The molecule has 3 nitrogen and oxygen atoms in total. The van der Waals surface area contributed by atoms with E-state index in [0.29, 0.717) is 0 Å². The molecule has 94 valence electrons. The van der Waals surface area contributed by atoms with Gasteiger partial charge < -0.3 is 5.11 Å². The summed E-state index contributed by atoms with van der Waals surface area (Å²) in [5.74, 6) is -14.5. The Hall–Kier alpha value is -1.51. The highest BCUT2D eigenvalue weighted by molar-refractivity contribution is 7.85. The first-order valence-electron chi connectivity index (χ1n) is 3.89. The molecule has 1 atom stereocenters. The Balaban J connectivity index is 3.44. The van der Waals surface area contributed by atoms with E-state index >= 15 is 0 Å². The second-order valence-electron chi connectivity index (χ2n) is 2.78. The monoisotopic (exact) mass is 274 g/mol. The van der Waals surface area contributed by atoms with E-state index in [4.69, 9.17) is 5.11 Å². The summed E-state index contributed by atoms with van der Waals surface area (Å²) < 4.78 is 75.0. The zero-order valence-electron chi connectivity index (χ0n) is 7.77. The van der Waals surface area contributed by atoms with E-state index in [-0.39, 0.29) is 0 Å². The van der Waals surface area contributed by atoms with Crippen molar-refractivity contribution >= 4 is 16.8 Å². The van der Waals surface area contributed by atoms with Crippen LogP contribution in [0.3, 0.4) is 0 Å². The molecule has 1 rings (SSSR count). The molecule has 0 saturated carbocycles. The third kappa shape index (κ3) is 2.43. The first kappa shape index (κ1) is 13.6.